The van der Waals surface area contributed by atoms with Crippen molar-refractivity contribution >= 4 is 11.7 Å². The molecule has 0 radical (unpaired) electrons. The number of benzene rings is 1. The van der Waals surface area contributed by atoms with E-state index in [0.29, 0.717) is 11.3 Å². The van der Waals surface area contributed by atoms with Crippen molar-refractivity contribution in [1.29, 1.82) is 0 Å². The Morgan fingerprint density at radius 3 is 2.56 bits per heavy atom. The van der Waals surface area contributed by atoms with Crippen LogP contribution >= 0.6 is 0 Å². The van der Waals surface area contributed by atoms with Crippen molar-refractivity contribution in [3.8, 4) is 5.75 Å². The number of hydrogen-bond donors (Lipinski definition) is 1. The minimum Gasteiger partial charge on any atom is -0.492 e. The van der Waals surface area contributed by atoms with Gasteiger partial charge in [-0.15, -0.1) is 0 Å². The van der Waals surface area contributed by atoms with E-state index in [2.05, 4.69) is 0 Å². The maximum absolute atomic E-state index is 11.3. The average Bonchev–Trinajstić information content (AvgIpc) is 2.25. The van der Waals surface area contributed by atoms with Crippen LogP contribution in [-0.4, -0.2) is 18.3 Å². The number of Topliss-reactive ketones (excluding diaryl/α,β-unsaturated/α-hetero) is 1. The van der Waals surface area contributed by atoms with Crippen molar-refractivity contribution in [3.05, 3.63) is 29.8 Å². The Kier molecular flexibility index (Phi) is 4.05. The average molecular weight is 221 g/mol. The molecular weight excluding hydrogens is 206 g/mol. The predicted octanol–water partition coefficient (Wildman–Crippen LogP) is 1.39. The highest BCUT2D eigenvalue weighted by Crippen LogP contribution is 2.18. The first kappa shape index (κ1) is 12.2. The van der Waals surface area contributed by atoms with Gasteiger partial charge in [0, 0.05) is 0 Å². The van der Waals surface area contributed by atoms with Crippen LogP contribution in [0.15, 0.2) is 24.3 Å². The zero-order valence-electron chi connectivity index (χ0n) is 9.40. The van der Waals surface area contributed by atoms with Gasteiger partial charge in [0.25, 0.3) is 0 Å². The minimum atomic E-state index is -0.416. The second-order valence-electron chi connectivity index (χ2n) is 3.67. The Hall–Kier alpha value is -1.84. The molecule has 0 bridgehead atoms. The third-order valence-corrected chi connectivity index (χ3v) is 2.24. The summed E-state index contributed by atoms with van der Waals surface area (Å²) in [5.41, 5.74) is 5.63. The number of para-hydroxylation sites is 1. The largest absolute Gasteiger partial charge is 0.492 e. The third kappa shape index (κ3) is 3.08. The number of nitrogens with two attached hydrogens (primary N) is 1. The van der Waals surface area contributed by atoms with Gasteiger partial charge < -0.3 is 10.5 Å². The molecular formula is C12H15NO3. The fourth-order valence-electron chi connectivity index (χ4n) is 1.18. The first-order chi connectivity index (χ1) is 7.52. The lowest BCUT2D eigenvalue weighted by atomic mass is 10.1. The second-order valence-corrected chi connectivity index (χ2v) is 3.67. The molecule has 0 saturated carbocycles. The molecule has 4 nitrogen and oxygen atoms in total. The standard InChI is InChI=1S/C12H15NO3/c1-8(12(13)15)7-16-11-6-4-3-5-10(11)9(2)14/h3-6,8H,7H2,1-2H3,(H2,13,15). The Morgan fingerprint density at radius 2 is 2.00 bits per heavy atom. The van der Waals surface area contributed by atoms with Crippen molar-refractivity contribution < 1.29 is 14.3 Å². The Balaban J connectivity index is 2.74. The van der Waals surface area contributed by atoms with Crippen LogP contribution in [0.4, 0.5) is 0 Å². The topological polar surface area (TPSA) is 69.4 Å². The SMILES string of the molecule is CC(=O)c1ccccc1OCC(C)C(N)=O. The summed E-state index contributed by atoms with van der Waals surface area (Å²) in [7, 11) is 0. The lowest BCUT2D eigenvalue weighted by Crippen LogP contribution is -2.26. The van der Waals surface area contributed by atoms with E-state index >= 15 is 0 Å². The van der Waals surface area contributed by atoms with Gasteiger partial charge in [-0.25, -0.2) is 0 Å². The summed E-state index contributed by atoms with van der Waals surface area (Å²) in [6.07, 6.45) is 0. The maximum Gasteiger partial charge on any atom is 0.223 e. The first-order valence-corrected chi connectivity index (χ1v) is 5.04. The highest BCUT2D eigenvalue weighted by molar-refractivity contribution is 5.96. The molecule has 16 heavy (non-hydrogen) atoms. The van der Waals surface area contributed by atoms with Gasteiger partial charge in [0.1, 0.15) is 5.75 Å². The molecule has 0 saturated heterocycles. The second kappa shape index (κ2) is 5.30. The van der Waals surface area contributed by atoms with Gasteiger partial charge in [0.2, 0.25) is 5.91 Å². The van der Waals surface area contributed by atoms with Crippen molar-refractivity contribution in [3.63, 3.8) is 0 Å². The van der Waals surface area contributed by atoms with Crippen LogP contribution in [0.25, 0.3) is 0 Å². The smallest absolute Gasteiger partial charge is 0.223 e. The van der Waals surface area contributed by atoms with Crippen molar-refractivity contribution in [2.24, 2.45) is 11.7 Å². The summed E-state index contributed by atoms with van der Waals surface area (Å²) < 4.78 is 5.40. The number of carbonyl (C=O) groups is 2. The van der Waals surface area contributed by atoms with Crippen LogP contribution in [0, 0.1) is 5.92 Å². The summed E-state index contributed by atoms with van der Waals surface area (Å²) >= 11 is 0. The molecule has 2 N–H and O–H groups in total. The highest BCUT2D eigenvalue weighted by atomic mass is 16.5. The fourth-order valence-corrected chi connectivity index (χ4v) is 1.18. The number of ether oxygens (including phenoxy) is 1. The molecule has 0 aliphatic heterocycles. The van der Waals surface area contributed by atoms with Gasteiger partial charge in [-0.2, -0.15) is 0 Å². The number of carbonyl (C=O) groups excluding carboxylic acids is 2. The van der Waals surface area contributed by atoms with Crippen molar-refractivity contribution in [1.82, 2.24) is 0 Å². The molecule has 86 valence electrons. The van der Waals surface area contributed by atoms with E-state index in [1.165, 1.54) is 6.92 Å². The van der Waals surface area contributed by atoms with E-state index in [4.69, 9.17) is 10.5 Å². The van der Waals surface area contributed by atoms with Crippen LogP contribution in [-0.2, 0) is 4.79 Å². The van der Waals surface area contributed by atoms with Gasteiger partial charge >= 0.3 is 0 Å². The Labute approximate surface area is 94.4 Å². The molecule has 0 aromatic heterocycles. The summed E-state index contributed by atoms with van der Waals surface area (Å²) in [6.45, 7) is 3.33. The monoisotopic (exact) mass is 221 g/mol. The normalized spacial score (nSPS) is 11.9. The predicted molar refractivity (Wildman–Crippen MR) is 60.3 cm³/mol. The van der Waals surface area contributed by atoms with Crippen LogP contribution in [0.5, 0.6) is 5.75 Å². The molecule has 1 rings (SSSR count). The lowest BCUT2D eigenvalue weighted by molar-refractivity contribution is -0.122. The fraction of sp³-hybridized carbons (Fsp3) is 0.333. The first-order valence-electron chi connectivity index (χ1n) is 5.04. The van der Waals surface area contributed by atoms with Crippen molar-refractivity contribution in [2.75, 3.05) is 6.61 Å². The molecule has 0 heterocycles. The van der Waals surface area contributed by atoms with Crippen LogP contribution in [0.1, 0.15) is 24.2 Å². The number of rotatable bonds is 5. The number of primary amides is 1. The van der Waals surface area contributed by atoms with Crippen molar-refractivity contribution in [2.45, 2.75) is 13.8 Å². The highest BCUT2D eigenvalue weighted by Gasteiger charge is 2.12. The zero-order valence-corrected chi connectivity index (χ0v) is 9.40. The third-order valence-electron chi connectivity index (χ3n) is 2.24. The van der Waals surface area contributed by atoms with Crippen LogP contribution < -0.4 is 10.5 Å². The quantitative estimate of drug-likeness (QED) is 0.764. The Bertz CT molecular complexity index is 401. The van der Waals surface area contributed by atoms with E-state index in [1.807, 2.05) is 0 Å². The summed E-state index contributed by atoms with van der Waals surface area (Å²) in [5, 5.41) is 0. The van der Waals surface area contributed by atoms with Gasteiger partial charge in [0.05, 0.1) is 18.1 Å². The molecule has 1 unspecified atom stereocenters. The van der Waals surface area contributed by atoms with Crippen LogP contribution in [0.2, 0.25) is 0 Å². The maximum atomic E-state index is 11.3. The summed E-state index contributed by atoms with van der Waals surface area (Å²) in [5.74, 6) is -0.370. The molecule has 4 heteroatoms. The number of hydrogen-bond acceptors (Lipinski definition) is 3. The van der Waals surface area contributed by atoms with Gasteiger partial charge in [-0.05, 0) is 19.1 Å². The van der Waals surface area contributed by atoms with E-state index in [1.54, 1.807) is 31.2 Å². The molecule has 1 amide bonds. The number of amides is 1. The summed E-state index contributed by atoms with van der Waals surface area (Å²) in [4.78, 5) is 22.1. The van der Waals surface area contributed by atoms with E-state index in [0.717, 1.165) is 0 Å². The molecule has 1 aromatic rings. The van der Waals surface area contributed by atoms with Gasteiger partial charge in [0.15, 0.2) is 5.78 Å². The minimum absolute atomic E-state index is 0.0673. The molecule has 0 aliphatic carbocycles. The summed E-state index contributed by atoms with van der Waals surface area (Å²) in [6, 6.07) is 6.93. The molecule has 0 spiro atoms. The van der Waals surface area contributed by atoms with E-state index in [-0.39, 0.29) is 18.3 Å². The lowest BCUT2D eigenvalue weighted by Gasteiger charge is -2.12. The Morgan fingerprint density at radius 1 is 1.38 bits per heavy atom. The molecule has 1 atom stereocenters. The van der Waals surface area contributed by atoms with E-state index in [9.17, 15) is 9.59 Å². The van der Waals surface area contributed by atoms with Gasteiger partial charge in [-0.1, -0.05) is 19.1 Å². The molecule has 1 aromatic carbocycles. The van der Waals surface area contributed by atoms with E-state index < -0.39 is 5.91 Å². The van der Waals surface area contributed by atoms with Crippen LogP contribution in [0.3, 0.4) is 0 Å². The zero-order chi connectivity index (χ0) is 12.1. The van der Waals surface area contributed by atoms with Gasteiger partial charge in [-0.3, -0.25) is 9.59 Å². The number of ketones is 1. The molecule has 0 aliphatic rings. The molecule has 0 fully saturated rings.